The summed E-state index contributed by atoms with van der Waals surface area (Å²) in [5.41, 5.74) is 1.98. The Balaban J connectivity index is 0.00000208. The second kappa shape index (κ2) is 8.55. The fourth-order valence-electron chi connectivity index (χ4n) is 3.00. The van der Waals surface area contributed by atoms with Crippen LogP contribution in [0, 0.1) is 5.92 Å². The predicted molar refractivity (Wildman–Crippen MR) is 101 cm³/mol. The molecule has 5 nitrogen and oxygen atoms in total. The zero-order valence-corrected chi connectivity index (χ0v) is 15.5. The number of halogens is 1. The first-order valence-corrected chi connectivity index (χ1v) is 8.89. The van der Waals surface area contributed by atoms with Gasteiger partial charge in [0.2, 0.25) is 5.91 Å². The van der Waals surface area contributed by atoms with Crippen molar-refractivity contribution < 1.29 is 4.79 Å². The number of nitrogens with zero attached hydrogens (tertiary/aromatic N) is 2. The summed E-state index contributed by atoms with van der Waals surface area (Å²) < 4.78 is 1.79. The Morgan fingerprint density at radius 3 is 3.00 bits per heavy atom. The molecule has 0 aliphatic carbocycles. The average molecular weight is 367 g/mol. The molecule has 3 rings (SSSR count). The van der Waals surface area contributed by atoms with Crippen LogP contribution >= 0.6 is 24.2 Å². The first kappa shape index (κ1) is 18.8. The summed E-state index contributed by atoms with van der Waals surface area (Å²) in [4.78, 5) is 13.9. The molecule has 2 N–H and O–H groups in total. The molecule has 2 atom stereocenters. The maximum absolute atomic E-state index is 12.7. The number of benzene rings is 1. The van der Waals surface area contributed by atoms with E-state index < -0.39 is 0 Å². The van der Waals surface area contributed by atoms with E-state index in [0.717, 1.165) is 23.5 Å². The zero-order valence-electron chi connectivity index (χ0n) is 13.9. The van der Waals surface area contributed by atoms with Gasteiger partial charge in [-0.3, -0.25) is 9.48 Å². The van der Waals surface area contributed by atoms with Crippen LogP contribution in [-0.2, 0) is 11.8 Å². The maximum atomic E-state index is 12.7. The fraction of sp³-hybridized carbons (Fsp3) is 0.412. The van der Waals surface area contributed by atoms with Gasteiger partial charge < -0.3 is 10.6 Å². The highest BCUT2D eigenvalue weighted by Gasteiger charge is 2.34. The van der Waals surface area contributed by atoms with Gasteiger partial charge in [-0.05, 0) is 29.5 Å². The Morgan fingerprint density at radius 1 is 1.46 bits per heavy atom. The van der Waals surface area contributed by atoms with E-state index in [4.69, 9.17) is 0 Å². The third kappa shape index (κ3) is 4.32. The van der Waals surface area contributed by atoms with Crippen molar-refractivity contribution >= 4 is 35.8 Å². The Bertz CT molecular complexity index is 691. The number of rotatable bonds is 5. The molecule has 2 aromatic rings. The molecule has 1 fully saturated rings. The number of aryl methyl sites for hydroxylation is 1. The number of amides is 1. The van der Waals surface area contributed by atoms with Crippen LogP contribution in [0.5, 0.6) is 0 Å². The summed E-state index contributed by atoms with van der Waals surface area (Å²) in [5.74, 6) is 1.20. The molecular formula is C17H23ClN4OS. The van der Waals surface area contributed by atoms with Gasteiger partial charge >= 0.3 is 0 Å². The Labute approximate surface area is 153 Å². The molecule has 1 aromatic heterocycles. The van der Waals surface area contributed by atoms with Crippen molar-refractivity contribution in [1.29, 1.82) is 0 Å². The highest BCUT2D eigenvalue weighted by atomic mass is 35.5. The van der Waals surface area contributed by atoms with Gasteiger partial charge in [-0.15, -0.1) is 24.2 Å². The van der Waals surface area contributed by atoms with Crippen LogP contribution in [0.3, 0.4) is 0 Å². The smallest absolute Gasteiger partial charge is 0.229 e. The summed E-state index contributed by atoms with van der Waals surface area (Å²) in [7, 11) is 1.90. The van der Waals surface area contributed by atoms with Gasteiger partial charge in [-0.1, -0.05) is 13.0 Å². The second-order valence-corrected chi connectivity index (χ2v) is 7.11. The van der Waals surface area contributed by atoms with Crippen molar-refractivity contribution in [2.45, 2.75) is 17.7 Å². The van der Waals surface area contributed by atoms with E-state index in [0.29, 0.717) is 6.54 Å². The highest BCUT2D eigenvalue weighted by molar-refractivity contribution is 7.99. The van der Waals surface area contributed by atoms with E-state index in [2.05, 4.69) is 28.7 Å². The number of nitrogens with one attached hydrogen (secondary N) is 2. The second-order valence-electron chi connectivity index (χ2n) is 5.77. The molecule has 0 radical (unpaired) electrons. The molecule has 2 heterocycles. The maximum Gasteiger partial charge on any atom is 0.229 e. The topological polar surface area (TPSA) is 59.0 Å². The first-order chi connectivity index (χ1) is 11.2. The summed E-state index contributed by atoms with van der Waals surface area (Å²) in [6.45, 7) is 3.64. The monoisotopic (exact) mass is 366 g/mol. The molecule has 24 heavy (non-hydrogen) atoms. The van der Waals surface area contributed by atoms with Gasteiger partial charge in [0.25, 0.3) is 0 Å². The SMILES string of the molecule is CCSc1cccc(NC(=O)[C@H]2CNC[C@@H]2c2cnn(C)c2)c1.Cl. The zero-order chi connectivity index (χ0) is 16.2. The van der Waals surface area contributed by atoms with Crippen molar-refractivity contribution in [2.24, 2.45) is 13.0 Å². The lowest BCUT2D eigenvalue weighted by Gasteiger charge is -2.17. The molecule has 7 heteroatoms. The number of carbonyl (C=O) groups is 1. The average Bonchev–Trinajstić information content (AvgIpc) is 3.16. The molecule has 1 amide bonds. The Morgan fingerprint density at radius 2 is 2.29 bits per heavy atom. The van der Waals surface area contributed by atoms with Crippen LogP contribution in [0.25, 0.3) is 0 Å². The van der Waals surface area contributed by atoms with E-state index >= 15 is 0 Å². The Hall–Kier alpha value is -1.50. The summed E-state index contributed by atoms with van der Waals surface area (Å²) >= 11 is 1.77. The predicted octanol–water partition coefficient (Wildman–Crippen LogP) is 2.90. The van der Waals surface area contributed by atoms with Gasteiger partial charge in [-0.25, -0.2) is 0 Å². The molecule has 1 aliphatic heterocycles. The van der Waals surface area contributed by atoms with Gasteiger partial charge in [-0.2, -0.15) is 5.10 Å². The quantitative estimate of drug-likeness (QED) is 0.799. The number of hydrogen-bond donors (Lipinski definition) is 2. The van der Waals surface area contributed by atoms with Crippen LogP contribution in [0.1, 0.15) is 18.4 Å². The number of carbonyl (C=O) groups excluding carboxylic acids is 1. The number of hydrogen-bond acceptors (Lipinski definition) is 4. The molecule has 0 bridgehead atoms. The number of thioether (sulfide) groups is 1. The summed E-state index contributed by atoms with van der Waals surface area (Å²) in [5, 5.41) is 10.6. The molecule has 0 spiro atoms. The molecule has 0 unspecified atom stereocenters. The van der Waals surface area contributed by atoms with Gasteiger partial charge in [0.1, 0.15) is 0 Å². The van der Waals surface area contributed by atoms with Crippen molar-refractivity contribution in [3.63, 3.8) is 0 Å². The van der Waals surface area contributed by atoms with Crippen molar-refractivity contribution in [2.75, 3.05) is 24.2 Å². The van der Waals surface area contributed by atoms with Crippen molar-refractivity contribution in [1.82, 2.24) is 15.1 Å². The van der Waals surface area contributed by atoms with E-state index in [1.54, 1.807) is 16.4 Å². The fourth-order valence-corrected chi connectivity index (χ4v) is 3.72. The molecule has 0 saturated carbocycles. The molecular weight excluding hydrogens is 344 g/mol. The van der Waals surface area contributed by atoms with E-state index in [-0.39, 0.29) is 30.2 Å². The van der Waals surface area contributed by atoms with E-state index in [1.165, 1.54) is 4.90 Å². The van der Waals surface area contributed by atoms with Crippen LogP contribution < -0.4 is 10.6 Å². The van der Waals surface area contributed by atoms with Crippen molar-refractivity contribution in [3.05, 3.63) is 42.2 Å². The third-order valence-corrected chi connectivity index (χ3v) is 4.99. The minimum Gasteiger partial charge on any atom is -0.326 e. The lowest BCUT2D eigenvalue weighted by Crippen LogP contribution is -2.28. The largest absolute Gasteiger partial charge is 0.326 e. The molecule has 1 aromatic carbocycles. The lowest BCUT2D eigenvalue weighted by molar-refractivity contribution is -0.119. The highest BCUT2D eigenvalue weighted by Crippen LogP contribution is 2.29. The molecule has 1 saturated heterocycles. The van der Waals surface area contributed by atoms with Crippen LogP contribution in [0.4, 0.5) is 5.69 Å². The number of aromatic nitrogens is 2. The van der Waals surface area contributed by atoms with Crippen molar-refractivity contribution in [3.8, 4) is 0 Å². The normalized spacial score (nSPS) is 19.8. The Kier molecular flexibility index (Phi) is 6.71. The third-order valence-electron chi connectivity index (χ3n) is 4.12. The number of anilines is 1. The van der Waals surface area contributed by atoms with E-state index in [1.807, 2.05) is 37.6 Å². The molecule has 130 valence electrons. The summed E-state index contributed by atoms with van der Waals surface area (Å²) in [6, 6.07) is 8.03. The van der Waals surface area contributed by atoms with Crippen LogP contribution in [-0.4, -0.2) is 34.5 Å². The van der Waals surface area contributed by atoms with Gasteiger partial charge in [0.05, 0.1) is 12.1 Å². The molecule has 1 aliphatic rings. The lowest BCUT2D eigenvalue weighted by atomic mass is 9.90. The van der Waals surface area contributed by atoms with E-state index in [9.17, 15) is 4.79 Å². The van der Waals surface area contributed by atoms with Crippen LogP contribution in [0.2, 0.25) is 0 Å². The minimum absolute atomic E-state index is 0. The minimum atomic E-state index is -0.0679. The standard InChI is InChI=1S/C17H22N4OS.ClH/c1-3-23-14-6-4-5-13(7-14)20-17(22)16-10-18-9-15(16)12-8-19-21(2)11-12;/h4-8,11,15-16,18H,3,9-10H2,1-2H3,(H,20,22);1H/t15-,16+;/m1./s1. The first-order valence-electron chi connectivity index (χ1n) is 7.90. The van der Waals surface area contributed by atoms with Gasteiger partial charge in [0.15, 0.2) is 0 Å². The van der Waals surface area contributed by atoms with Crippen LogP contribution in [0.15, 0.2) is 41.6 Å². The van der Waals surface area contributed by atoms with Gasteiger partial charge in [0, 0.05) is 42.8 Å². The summed E-state index contributed by atoms with van der Waals surface area (Å²) in [6.07, 6.45) is 3.85.